The van der Waals surface area contributed by atoms with Gasteiger partial charge in [0.2, 0.25) is 5.91 Å². The monoisotopic (exact) mass is 297 g/mol. The highest BCUT2D eigenvalue weighted by Gasteiger charge is 2.43. The van der Waals surface area contributed by atoms with Crippen molar-refractivity contribution in [3.05, 3.63) is 28.2 Å². The third-order valence-corrected chi connectivity index (χ3v) is 4.04. The Morgan fingerprint density at radius 1 is 1.53 bits per heavy atom. The molecule has 1 fully saturated rings. The van der Waals surface area contributed by atoms with E-state index < -0.39 is 5.41 Å². The summed E-state index contributed by atoms with van der Waals surface area (Å²) in [5.74, 6) is -0.0625. The van der Waals surface area contributed by atoms with Crippen LogP contribution in [-0.2, 0) is 4.79 Å². The summed E-state index contributed by atoms with van der Waals surface area (Å²) in [5.41, 5.74) is 1.28. The lowest BCUT2D eigenvalue weighted by molar-refractivity contribution is -0.133. The van der Waals surface area contributed by atoms with Crippen LogP contribution in [0.1, 0.15) is 24.8 Å². The fraction of sp³-hybridized carbons (Fsp3) is 0.462. The average molecular weight is 298 g/mol. The predicted molar refractivity (Wildman–Crippen MR) is 70.9 cm³/mol. The lowest BCUT2D eigenvalue weighted by Gasteiger charge is -2.38. The fourth-order valence-corrected chi connectivity index (χ4v) is 2.41. The molecule has 1 aliphatic rings. The van der Waals surface area contributed by atoms with Crippen molar-refractivity contribution in [2.75, 3.05) is 11.9 Å². The van der Waals surface area contributed by atoms with Crippen LogP contribution < -0.4 is 5.32 Å². The number of nitrogens with one attached hydrogen (secondary N) is 1. The molecule has 0 bridgehead atoms. The molecule has 1 saturated carbocycles. The summed E-state index contributed by atoms with van der Waals surface area (Å²) in [6.07, 6.45) is 2.58. The number of rotatable bonds is 3. The van der Waals surface area contributed by atoms with Gasteiger partial charge >= 0.3 is 0 Å². The summed E-state index contributed by atoms with van der Waals surface area (Å²) in [6, 6.07) is 5.78. The lowest BCUT2D eigenvalue weighted by atomic mass is 9.68. The Labute approximate surface area is 109 Å². The van der Waals surface area contributed by atoms with Crippen LogP contribution in [0.2, 0.25) is 0 Å². The Hall–Kier alpha value is -0.870. The van der Waals surface area contributed by atoms with Crippen LogP contribution in [0.5, 0.6) is 0 Å². The highest BCUT2D eigenvalue weighted by molar-refractivity contribution is 9.10. The molecule has 0 atom stereocenters. The molecule has 0 spiro atoms. The van der Waals surface area contributed by atoms with E-state index in [9.17, 15) is 9.90 Å². The molecule has 0 saturated heterocycles. The van der Waals surface area contributed by atoms with Crippen LogP contribution in [0.4, 0.5) is 5.69 Å². The molecule has 0 aromatic heterocycles. The molecule has 1 amide bonds. The minimum atomic E-state index is -0.547. The van der Waals surface area contributed by atoms with Gasteiger partial charge in [-0.15, -0.1) is 0 Å². The summed E-state index contributed by atoms with van der Waals surface area (Å²) in [4.78, 5) is 12.1. The molecule has 1 aliphatic carbocycles. The van der Waals surface area contributed by atoms with E-state index >= 15 is 0 Å². The second kappa shape index (κ2) is 4.78. The molecule has 0 unspecified atom stereocenters. The number of carbonyl (C=O) groups excluding carboxylic acids is 1. The Bertz CT molecular complexity index is 436. The summed E-state index contributed by atoms with van der Waals surface area (Å²) in [7, 11) is 0. The van der Waals surface area contributed by atoms with Crippen molar-refractivity contribution in [3.63, 3.8) is 0 Å². The van der Waals surface area contributed by atoms with Gasteiger partial charge in [-0.3, -0.25) is 4.79 Å². The Morgan fingerprint density at radius 3 is 2.76 bits per heavy atom. The smallest absolute Gasteiger partial charge is 0.232 e. The lowest BCUT2D eigenvalue weighted by Crippen LogP contribution is -2.44. The van der Waals surface area contributed by atoms with E-state index in [1.165, 1.54) is 0 Å². The number of hydrogen-bond donors (Lipinski definition) is 2. The average Bonchev–Trinajstić information content (AvgIpc) is 2.23. The van der Waals surface area contributed by atoms with E-state index in [0.717, 1.165) is 35.0 Å². The van der Waals surface area contributed by atoms with E-state index in [-0.39, 0.29) is 12.5 Å². The third-order valence-electron chi connectivity index (χ3n) is 3.54. The van der Waals surface area contributed by atoms with E-state index in [0.29, 0.717) is 0 Å². The maximum absolute atomic E-state index is 12.1. The van der Waals surface area contributed by atoms with Crippen LogP contribution in [0.15, 0.2) is 22.7 Å². The molecular weight excluding hydrogens is 282 g/mol. The molecule has 4 heteroatoms. The largest absolute Gasteiger partial charge is 0.395 e. The quantitative estimate of drug-likeness (QED) is 0.901. The van der Waals surface area contributed by atoms with Gasteiger partial charge in [0.1, 0.15) is 0 Å². The second-order valence-electron chi connectivity index (χ2n) is 4.71. The predicted octanol–water partition coefficient (Wildman–Crippen LogP) is 2.86. The number of aliphatic hydroxyl groups excluding tert-OH is 1. The van der Waals surface area contributed by atoms with E-state index in [4.69, 9.17) is 0 Å². The van der Waals surface area contributed by atoms with Crippen LogP contribution in [0, 0.1) is 12.3 Å². The number of halogens is 1. The zero-order valence-corrected chi connectivity index (χ0v) is 11.4. The standard InChI is InChI=1S/C13H16BrNO2/c1-9-3-4-10(14)7-11(9)15-12(17)13(8-16)5-2-6-13/h3-4,7,16H,2,5-6,8H2,1H3,(H,15,17). The van der Waals surface area contributed by atoms with Gasteiger partial charge < -0.3 is 10.4 Å². The van der Waals surface area contributed by atoms with Gasteiger partial charge in [0.25, 0.3) is 0 Å². The van der Waals surface area contributed by atoms with E-state index in [2.05, 4.69) is 21.2 Å². The first kappa shape index (κ1) is 12.6. The van der Waals surface area contributed by atoms with Crippen molar-refractivity contribution in [2.24, 2.45) is 5.41 Å². The van der Waals surface area contributed by atoms with Gasteiger partial charge in [-0.05, 0) is 37.5 Å². The summed E-state index contributed by atoms with van der Waals surface area (Å²) >= 11 is 3.38. The zero-order chi connectivity index (χ0) is 12.5. The zero-order valence-electron chi connectivity index (χ0n) is 9.79. The Morgan fingerprint density at radius 2 is 2.24 bits per heavy atom. The van der Waals surface area contributed by atoms with Gasteiger partial charge in [0.15, 0.2) is 0 Å². The second-order valence-corrected chi connectivity index (χ2v) is 5.62. The SMILES string of the molecule is Cc1ccc(Br)cc1NC(=O)C1(CO)CCC1. The van der Waals surface area contributed by atoms with Crippen molar-refractivity contribution < 1.29 is 9.90 Å². The van der Waals surface area contributed by atoms with E-state index in [1.54, 1.807) is 0 Å². The van der Waals surface area contributed by atoms with Gasteiger partial charge in [0, 0.05) is 10.2 Å². The third kappa shape index (κ3) is 2.38. The first-order chi connectivity index (χ1) is 8.07. The normalized spacial score (nSPS) is 17.4. The highest BCUT2D eigenvalue weighted by atomic mass is 79.9. The van der Waals surface area contributed by atoms with Crippen molar-refractivity contribution >= 4 is 27.5 Å². The molecule has 1 aromatic carbocycles. The molecule has 3 nitrogen and oxygen atoms in total. The number of amides is 1. The Kier molecular flexibility index (Phi) is 3.54. The summed E-state index contributed by atoms with van der Waals surface area (Å²) in [6.45, 7) is 1.89. The minimum Gasteiger partial charge on any atom is -0.395 e. The molecule has 2 rings (SSSR count). The molecule has 0 heterocycles. The fourth-order valence-electron chi connectivity index (χ4n) is 2.04. The molecule has 0 aliphatic heterocycles. The molecule has 0 radical (unpaired) electrons. The van der Waals surface area contributed by atoms with Gasteiger partial charge in [-0.25, -0.2) is 0 Å². The Balaban J connectivity index is 2.15. The van der Waals surface area contributed by atoms with Crippen molar-refractivity contribution in [3.8, 4) is 0 Å². The topological polar surface area (TPSA) is 49.3 Å². The van der Waals surface area contributed by atoms with E-state index in [1.807, 2.05) is 25.1 Å². The first-order valence-corrected chi connectivity index (χ1v) is 6.55. The van der Waals surface area contributed by atoms with Crippen molar-refractivity contribution in [2.45, 2.75) is 26.2 Å². The van der Waals surface area contributed by atoms with Crippen LogP contribution in [0.25, 0.3) is 0 Å². The van der Waals surface area contributed by atoms with Crippen molar-refractivity contribution in [1.82, 2.24) is 0 Å². The molecule has 1 aromatic rings. The molecule has 92 valence electrons. The molecular formula is C13H16BrNO2. The molecule has 17 heavy (non-hydrogen) atoms. The number of aryl methyl sites for hydroxylation is 1. The number of hydrogen-bond acceptors (Lipinski definition) is 2. The van der Waals surface area contributed by atoms with Gasteiger partial charge in [-0.1, -0.05) is 28.4 Å². The summed E-state index contributed by atoms with van der Waals surface area (Å²) < 4.78 is 0.935. The van der Waals surface area contributed by atoms with Gasteiger partial charge in [-0.2, -0.15) is 0 Å². The highest BCUT2D eigenvalue weighted by Crippen LogP contribution is 2.41. The minimum absolute atomic E-state index is 0.0625. The van der Waals surface area contributed by atoms with Crippen LogP contribution in [-0.4, -0.2) is 17.6 Å². The first-order valence-electron chi connectivity index (χ1n) is 5.76. The summed E-state index contributed by atoms with van der Waals surface area (Å²) in [5, 5.41) is 12.3. The maximum Gasteiger partial charge on any atom is 0.232 e. The number of carbonyl (C=O) groups is 1. The van der Waals surface area contributed by atoms with Crippen molar-refractivity contribution in [1.29, 1.82) is 0 Å². The number of aliphatic hydroxyl groups is 1. The van der Waals surface area contributed by atoms with Crippen LogP contribution >= 0.6 is 15.9 Å². The number of benzene rings is 1. The number of anilines is 1. The van der Waals surface area contributed by atoms with Crippen LogP contribution in [0.3, 0.4) is 0 Å². The maximum atomic E-state index is 12.1. The van der Waals surface area contributed by atoms with Gasteiger partial charge in [0.05, 0.1) is 12.0 Å². The molecule has 2 N–H and O–H groups in total.